The topological polar surface area (TPSA) is 74.6 Å². The van der Waals surface area contributed by atoms with Crippen LogP contribution in [-0.4, -0.2) is 75.1 Å². The minimum Gasteiger partial charge on any atom is -0.333 e. The van der Waals surface area contributed by atoms with Crippen molar-refractivity contribution in [1.29, 1.82) is 0 Å². The Hall–Kier alpha value is -2.42. The lowest BCUT2D eigenvalue weighted by atomic mass is 9.96. The third-order valence-corrected chi connectivity index (χ3v) is 6.32. The average Bonchev–Trinajstić information content (AvgIpc) is 3.36. The number of amides is 3. The fraction of sp³-hybridized carbons (Fsp3) is 0.579. The van der Waals surface area contributed by atoms with Gasteiger partial charge in [-0.15, -0.1) is 10.2 Å². The molecule has 4 heterocycles. The summed E-state index contributed by atoms with van der Waals surface area (Å²) in [5, 5.41) is 12.9. The molecule has 28 heavy (non-hydrogen) atoms. The van der Waals surface area contributed by atoms with Crippen molar-refractivity contribution in [1.82, 2.24) is 29.5 Å². The number of likely N-dealkylation sites (tertiary alicyclic amines) is 1. The summed E-state index contributed by atoms with van der Waals surface area (Å²) in [4.78, 5) is 30.1. The van der Waals surface area contributed by atoms with Crippen molar-refractivity contribution in [2.75, 3.05) is 33.7 Å². The van der Waals surface area contributed by atoms with Crippen LogP contribution in [0, 0.1) is 0 Å². The lowest BCUT2D eigenvalue weighted by molar-refractivity contribution is -0.132. The first kappa shape index (κ1) is 18.9. The summed E-state index contributed by atoms with van der Waals surface area (Å²) < 4.78 is 2.18. The molecule has 0 spiro atoms. The molecule has 2 aliphatic heterocycles. The van der Waals surface area contributed by atoms with Gasteiger partial charge in [0.05, 0.1) is 13.0 Å². The van der Waals surface area contributed by atoms with Crippen LogP contribution in [-0.2, 0) is 24.3 Å². The van der Waals surface area contributed by atoms with E-state index >= 15 is 0 Å². The number of hydrogen-bond acceptors (Lipinski definition) is 5. The number of aromatic nitrogens is 3. The molecule has 4 rings (SSSR count). The van der Waals surface area contributed by atoms with Crippen LogP contribution in [0.3, 0.4) is 0 Å². The highest BCUT2D eigenvalue weighted by molar-refractivity contribution is 7.08. The molecule has 2 aromatic rings. The van der Waals surface area contributed by atoms with Crippen LogP contribution in [0.4, 0.5) is 4.79 Å². The number of thiophene rings is 1. The van der Waals surface area contributed by atoms with E-state index in [4.69, 9.17) is 0 Å². The standard InChI is InChI=1S/C19H26N6O2S/c1-22(2)19(27)23-6-3-15(4-7-23)18-21-20-16-12-24(8-9-25(16)18)17(26)11-14-5-10-28-13-14/h5,10,13,15H,3-4,6-9,11-12H2,1-2H3. The van der Waals surface area contributed by atoms with E-state index in [0.717, 1.165) is 49.7 Å². The summed E-state index contributed by atoms with van der Waals surface area (Å²) in [6.45, 7) is 3.45. The zero-order valence-corrected chi connectivity index (χ0v) is 17.2. The molecule has 1 fully saturated rings. The lowest BCUT2D eigenvalue weighted by Crippen LogP contribution is -2.44. The molecule has 0 unspecified atom stereocenters. The first-order chi connectivity index (χ1) is 13.5. The van der Waals surface area contributed by atoms with Crippen LogP contribution >= 0.6 is 11.3 Å². The number of piperidine rings is 1. The summed E-state index contributed by atoms with van der Waals surface area (Å²) in [5.74, 6) is 2.34. The van der Waals surface area contributed by atoms with Gasteiger partial charge in [0, 0.05) is 46.2 Å². The molecular formula is C19H26N6O2S. The number of rotatable bonds is 3. The molecule has 2 aliphatic rings. The van der Waals surface area contributed by atoms with Gasteiger partial charge in [0.15, 0.2) is 5.82 Å². The summed E-state index contributed by atoms with van der Waals surface area (Å²) in [6, 6.07) is 2.07. The Balaban J connectivity index is 1.38. The third kappa shape index (κ3) is 3.76. The van der Waals surface area contributed by atoms with Crippen molar-refractivity contribution in [2.45, 2.75) is 38.3 Å². The molecule has 0 saturated carbocycles. The van der Waals surface area contributed by atoms with Gasteiger partial charge in [-0.1, -0.05) is 0 Å². The predicted octanol–water partition coefficient (Wildman–Crippen LogP) is 1.79. The van der Waals surface area contributed by atoms with E-state index < -0.39 is 0 Å². The van der Waals surface area contributed by atoms with Crippen LogP contribution < -0.4 is 0 Å². The fourth-order valence-corrected chi connectivity index (χ4v) is 4.66. The SMILES string of the molecule is CN(C)C(=O)N1CCC(c2nnc3n2CCN(C(=O)Cc2ccsc2)C3)CC1. The number of hydrogen-bond donors (Lipinski definition) is 0. The maximum Gasteiger partial charge on any atom is 0.319 e. The van der Waals surface area contributed by atoms with Gasteiger partial charge >= 0.3 is 6.03 Å². The Kier molecular flexibility index (Phi) is 5.34. The van der Waals surface area contributed by atoms with Crippen LogP contribution in [0.2, 0.25) is 0 Å². The largest absolute Gasteiger partial charge is 0.333 e. The monoisotopic (exact) mass is 402 g/mol. The zero-order valence-electron chi connectivity index (χ0n) is 16.4. The second kappa shape index (κ2) is 7.90. The predicted molar refractivity (Wildman–Crippen MR) is 106 cm³/mol. The van der Waals surface area contributed by atoms with Crippen molar-refractivity contribution < 1.29 is 9.59 Å². The first-order valence-electron chi connectivity index (χ1n) is 9.70. The molecule has 0 bridgehead atoms. The Morgan fingerprint density at radius 2 is 1.93 bits per heavy atom. The van der Waals surface area contributed by atoms with E-state index in [1.165, 1.54) is 0 Å². The molecule has 2 aromatic heterocycles. The van der Waals surface area contributed by atoms with Crippen molar-refractivity contribution in [3.05, 3.63) is 34.0 Å². The number of fused-ring (bicyclic) bond motifs is 1. The van der Waals surface area contributed by atoms with Gasteiger partial charge in [0.2, 0.25) is 5.91 Å². The van der Waals surface area contributed by atoms with Gasteiger partial charge in [-0.25, -0.2) is 4.79 Å². The zero-order chi connectivity index (χ0) is 19.7. The highest BCUT2D eigenvalue weighted by Gasteiger charge is 2.31. The van der Waals surface area contributed by atoms with Gasteiger partial charge in [-0.2, -0.15) is 11.3 Å². The van der Waals surface area contributed by atoms with Crippen LogP contribution in [0.15, 0.2) is 16.8 Å². The van der Waals surface area contributed by atoms with Gasteiger partial charge in [0.1, 0.15) is 5.82 Å². The molecule has 9 heteroatoms. The fourth-order valence-electron chi connectivity index (χ4n) is 3.99. The summed E-state index contributed by atoms with van der Waals surface area (Å²) >= 11 is 1.61. The third-order valence-electron chi connectivity index (χ3n) is 5.58. The van der Waals surface area contributed by atoms with Gasteiger partial charge in [0.25, 0.3) is 0 Å². The quantitative estimate of drug-likeness (QED) is 0.784. The smallest absolute Gasteiger partial charge is 0.319 e. The second-order valence-corrected chi connectivity index (χ2v) is 8.47. The maximum absolute atomic E-state index is 12.6. The molecule has 0 N–H and O–H groups in total. The molecule has 0 aliphatic carbocycles. The van der Waals surface area contributed by atoms with E-state index in [1.54, 1.807) is 30.3 Å². The van der Waals surface area contributed by atoms with Crippen molar-refractivity contribution in [2.24, 2.45) is 0 Å². The first-order valence-corrected chi connectivity index (χ1v) is 10.6. The molecule has 3 amide bonds. The molecule has 1 saturated heterocycles. The molecule has 0 radical (unpaired) electrons. The van der Waals surface area contributed by atoms with Crippen molar-refractivity contribution in [3.63, 3.8) is 0 Å². The Bertz CT molecular complexity index is 839. The van der Waals surface area contributed by atoms with E-state index in [1.807, 2.05) is 26.6 Å². The summed E-state index contributed by atoms with van der Waals surface area (Å²) in [6.07, 6.45) is 2.25. The minimum atomic E-state index is 0.0708. The number of carbonyl (C=O) groups excluding carboxylic acids is 2. The van der Waals surface area contributed by atoms with Gasteiger partial charge in [-0.3, -0.25) is 4.79 Å². The van der Waals surface area contributed by atoms with Crippen molar-refractivity contribution >= 4 is 23.3 Å². The number of carbonyl (C=O) groups is 2. The number of nitrogens with zero attached hydrogens (tertiary/aromatic N) is 6. The van der Waals surface area contributed by atoms with Crippen molar-refractivity contribution in [3.8, 4) is 0 Å². The Labute approximate surface area is 168 Å². The highest BCUT2D eigenvalue weighted by Crippen LogP contribution is 2.29. The lowest BCUT2D eigenvalue weighted by Gasteiger charge is -2.34. The van der Waals surface area contributed by atoms with E-state index in [-0.39, 0.29) is 11.9 Å². The molecule has 0 aromatic carbocycles. The van der Waals surface area contributed by atoms with Gasteiger partial charge in [-0.05, 0) is 35.2 Å². The average molecular weight is 403 g/mol. The molecule has 8 nitrogen and oxygen atoms in total. The maximum atomic E-state index is 12.6. The Morgan fingerprint density at radius 3 is 2.61 bits per heavy atom. The normalized spacial score (nSPS) is 17.5. The van der Waals surface area contributed by atoms with Crippen LogP contribution in [0.1, 0.15) is 36.0 Å². The minimum absolute atomic E-state index is 0.0708. The number of urea groups is 1. The van der Waals surface area contributed by atoms with Gasteiger partial charge < -0.3 is 19.3 Å². The Morgan fingerprint density at radius 1 is 1.14 bits per heavy atom. The van der Waals surface area contributed by atoms with Crippen LogP contribution in [0.25, 0.3) is 0 Å². The molecule has 150 valence electrons. The molecule has 0 atom stereocenters. The molecular weight excluding hydrogens is 376 g/mol. The summed E-state index contributed by atoms with van der Waals surface area (Å²) in [5.41, 5.74) is 1.07. The highest BCUT2D eigenvalue weighted by atomic mass is 32.1. The van der Waals surface area contributed by atoms with E-state index in [2.05, 4.69) is 14.8 Å². The van der Waals surface area contributed by atoms with Crippen LogP contribution in [0.5, 0.6) is 0 Å². The van der Waals surface area contributed by atoms with E-state index in [0.29, 0.717) is 25.4 Å². The summed E-state index contributed by atoms with van der Waals surface area (Å²) in [7, 11) is 3.57. The second-order valence-electron chi connectivity index (χ2n) is 7.69. The van der Waals surface area contributed by atoms with E-state index in [9.17, 15) is 9.59 Å².